The minimum absolute atomic E-state index is 0. The van der Waals surface area contributed by atoms with Crippen LogP contribution in [-0.4, -0.2) is 31.2 Å². The average Bonchev–Trinajstić information content (AvgIpc) is 2.61. The Labute approximate surface area is 179 Å². The third kappa shape index (κ3) is 17.8. The van der Waals surface area contributed by atoms with Crippen LogP contribution in [0.1, 0.15) is 123 Å². The molecule has 27 heavy (non-hydrogen) atoms. The molecule has 164 valence electrons. The number of hydrogen-bond acceptors (Lipinski definition) is 0. The molecule has 0 saturated carbocycles. The van der Waals surface area contributed by atoms with E-state index in [4.69, 9.17) is 0 Å². The van der Waals surface area contributed by atoms with Crippen LogP contribution in [0.15, 0.2) is 12.7 Å². The van der Waals surface area contributed by atoms with Gasteiger partial charge >= 0.3 is 0 Å². The van der Waals surface area contributed by atoms with Crippen LogP contribution in [0.25, 0.3) is 0 Å². The van der Waals surface area contributed by atoms with E-state index in [2.05, 4.69) is 40.6 Å². The topological polar surface area (TPSA) is 0 Å². The quantitative estimate of drug-likeness (QED) is 0.147. The fourth-order valence-electron chi connectivity index (χ4n) is 4.17. The zero-order valence-electron chi connectivity index (χ0n) is 19.4. The molecule has 0 spiro atoms. The first-order chi connectivity index (χ1) is 12.6. The molecule has 0 amide bonds. The van der Waals surface area contributed by atoms with Gasteiger partial charge in [-0.2, -0.15) is 0 Å². The zero-order valence-corrected chi connectivity index (χ0v) is 20.2. The first-order valence-electron chi connectivity index (χ1n) is 12.0. The van der Waals surface area contributed by atoms with Gasteiger partial charge in [-0.25, -0.2) is 0 Å². The fraction of sp³-hybridized carbons (Fsp3) is 0.920. The van der Waals surface area contributed by atoms with Gasteiger partial charge in [0.15, 0.2) is 0 Å². The van der Waals surface area contributed by atoms with Crippen molar-refractivity contribution in [3.63, 3.8) is 0 Å². The average molecular weight is 402 g/mol. The Balaban J connectivity index is 0. The van der Waals surface area contributed by atoms with Gasteiger partial charge in [-0.05, 0) is 19.3 Å². The van der Waals surface area contributed by atoms with E-state index >= 15 is 0 Å². The van der Waals surface area contributed by atoms with Gasteiger partial charge in [0.2, 0.25) is 0 Å². The molecule has 0 aliphatic rings. The van der Waals surface area contributed by atoms with Crippen molar-refractivity contribution in [2.24, 2.45) is 0 Å². The predicted molar refractivity (Wildman–Crippen MR) is 121 cm³/mol. The highest BCUT2D eigenvalue weighted by Crippen LogP contribution is 2.19. The molecule has 0 bridgehead atoms. The molecular weight excluding hydrogens is 350 g/mol. The lowest BCUT2D eigenvalue weighted by Crippen LogP contribution is -3.00. The van der Waals surface area contributed by atoms with Gasteiger partial charge in [-0.15, -0.1) is 6.58 Å². The monoisotopic (exact) mass is 401 g/mol. The molecule has 0 saturated heterocycles. The number of unbranched alkanes of at least 4 members (excludes halogenated alkanes) is 13. The van der Waals surface area contributed by atoms with Crippen LogP contribution in [0.4, 0.5) is 0 Å². The van der Waals surface area contributed by atoms with Crippen molar-refractivity contribution in [1.82, 2.24) is 0 Å². The van der Waals surface area contributed by atoms with Crippen molar-refractivity contribution >= 4 is 0 Å². The lowest BCUT2D eigenvalue weighted by molar-refractivity contribution is -0.915. The van der Waals surface area contributed by atoms with Crippen molar-refractivity contribution in [3.05, 3.63) is 12.7 Å². The summed E-state index contributed by atoms with van der Waals surface area (Å²) in [4.78, 5) is 0. The summed E-state index contributed by atoms with van der Waals surface area (Å²) in [5, 5.41) is 0. The van der Waals surface area contributed by atoms with Gasteiger partial charge in [0.1, 0.15) is 0 Å². The van der Waals surface area contributed by atoms with Crippen LogP contribution in [0.3, 0.4) is 0 Å². The first kappa shape index (κ1) is 29.2. The van der Waals surface area contributed by atoms with Crippen LogP contribution >= 0.6 is 0 Å². The summed E-state index contributed by atoms with van der Waals surface area (Å²) in [6.07, 6.45) is 26.2. The van der Waals surface area contributed by atoms with E-state index in [0.29, 0.717) is 0 Å². The Morgan fingerprint density at radius 2 is 1.07 bits per heavy atom. The van der Waals surface area contributed by atoms with Crippen LogP contribution < -0.4 is 12.4 Å². The third-order valence-electron chi connectivity index (χ3n) is 6.14. The molecule has 0 N–H and O–H groups in total. The van der Waals surface area contributed by atoms with E-state index in [1.54, 1.807) is 0 Å². The Morgan fingerprint density at radius 1 is 0.667 bits per heavy atom. The van der Waals surface area contributed by atoms with Gasteiger partial charge in [0.25, 0.3) is 0 Å². The summed E-state index contributed by atoms with van der Waals surface area (Å²) < 4.78 is 1.18. The van der Waals surface area contributed by atoms with E-state index < -0.39 is 0 Å². The molecule has 2 heteroatoms. The number of quaternary nitrogens is 1. The molecular formula is C25H52ClN. The first-order valence-corrected chi connectivity index (χ1v) is 12.0. The molecule has 0 aliphatic heterocycles. The summed E-state index contributed by atoms with van der Waals surface area (Å²) in [5.41, 5.74) is 0. The summed E-state index contributed by atoms with van der Waals surface area (Å²) >= 11 is 0. The minimum Gasteiger partial charge on any atom is -1.00 e. The molecule has 0 aromatic heterocycles. The van der Waals surface area contributed by atoms with Crippen LogP contribution in [0.5, 0.6) is 0 Å². The maximum absolute atomic E-state index is 3.96. The van der Waals surface area contributed by atoms with E-state index in [0.717, 1.165) is 6.04 Å². The molecule has 0 aromatic rings. The molecule has 1 atom stereocenters. The van der Waals surface area contributed by atoms with Gasteiger partial charge in [0.05, 0.1) is 26.7 Å². The highest BCUT2D eigenvalue weighted by molar-refractivity contribution is 4.73. The largest absolute Gasteiger partial charge is 1.00 e. The summed E-state index contributed by atoms with van der Waals surface area (Å²) in [5.74, 6) is 0. The Hall–Kier alpha value is -0.0100. The highest BCUT2D eigenvalue weighted by Gasteiger charge is 2.25. The Bertz CT molecular complexity index is 301. The number of halogens is 1. The molecule has 0 radical (unpaired) electrons. The van der Waals surface area contributed by atoms with Crippen molar-refractivity contribution in [3.8, 4) is 0 Å². The van der Waals surface area contributed by atoms with E-state index in [1.807, 2.05) is 0 Å². The molecule has 0 heterocycles. The summed E-state index contributed by atoms with van der Waals surface area (Å²) in [7, 11) is 4.85. The van der Waals surface area contributed by atoms with Crippen molar-refractivity contribution in [1.29, 1.82) is 0 Å². The van der Waals surface area contributed by atoms with Crippen molar-refractivity contribution in [2.45, 2.75) is 129 Å². The van der Waals surface area contributed by atoms with E-state index in [1.165, 1.54) is 120 Å². The maximum atomic E-state index is 3.96. The molecule has 0 aliphatic carbocycles. The second-order valence-electron chi connectivity index (χ2n) is 9.07. The highest BCUT2D eigenvalue weighted by atomic mass is 35.5. The molecule has 1 nitrogen and oxygen atoms in total. The second kappa shape index (κ2) is 20.7. The SMILES string of the molecule is C=CCC(CCC)[N+](C)(C)CCCCCCCCCCCCCCCC.[Cl-]. The van der Waals surface area contributed by atoms with Gasteiger partial charge in [0, 0.05) is 6.42 Å². The lowest BCUT2D eigenvalue weighted by Gasteiger charge is -2.38. The second-order valence-corrected chi connectivity index (χ2v) is 9.07. The van der Waals surface area contributed by atoms with Crippen LogP contribution in [0, 0.1) is 0 Å². The Morgan fingerprint density at radius 3 is 1.44 bits per heavy atom. The van der Waals surface area contributed by atoms with Crippen molar-refractivity contribution < 1.29 is 16.9 Å². The van der Waals surface area contributed by atoms with E-state index in [-0.39, 0.29) is 12.4 Å². The number of rotatable bonds is 20. The molecule has 0 rings (SSSR count). The fourth-order valence-corrected chi connectivity index (χ4v) is 4.17. The Kier molecular flexibility index (Phi) is 22.4. The van der Waals surface area contributed by atoms with Gasteiger partial charge < -0.3 is 16.9 Å². The maximum Gasteiger partial charge on any atom is 0.0920 e. The van der Waals surface area contributed by atoms with Gasteiger partial charge in [-0.3, -0.25) is 0 Å². The predicted octanol–water partition coefficient (Wildman–Crippen LogP) is 5.29. The molecule has 1 unspecified atom stereocenters. The standard InChI is InChI=1S/C25H52N.ClH/c1-6-9-10-11-12-13-14-15-16-17-18-19-20-21-24-26(4,5)25(22-7-2)23-8-3;/h7,25H,2,6,8-24H2,1,3-5H3;1H/q+1;/p-1. The lowest BCUT2D eigenvalue weighted by atomic mass is 10.0. The number of nitrogens with zero attached hydrogens (tertiary/aromatic N) is 1. The van der Waals surface area contributed by atoms with Gasteiger partial charge in [-0.1, -0.05) is 103 Å². The van der Waals surface area contributed by atoms with E-state index in [9.17, 15) is 0 Å². The number of hydrogen-bond donors (Lipinski definition) is 0. The third-order valence-corrected chi connectivity index (χ3v) is 6.14. The van der Waals surface area contributed by atoms with Crippen LogP contribution in [0.2, 0.25) is 0 Å². The molecule has 0 fully saturated rings. The summed E-state index contributed by atoms with van der Waals surface area (Å²) in [6.45, 7) is 9.90. The minimum atomic E-state index is 0. The van der Waals surface area contributed by atoms with Crippen LogP contribution in [-0.2, 0) is 0 Å². The molecule has 0 aromatic carbocycles. The zero-order chi connectivity index (χ0) is 19.5. The normalized spacial score (nSPS) is 12.6. The van der Waals surface area contributed by atoms with Crippen molar-refractivity contribution in [2.75, 3.05) is 20.6 Å². The summed E-state index contributed by atoms with van der Waals surface area (Å²) in [6, 6.07) is 0.763. The smallest absolute Gasteiger partial charge is 0.0920 e.